The van der Waals surface area contributed by atoms with E-state index < -0.39 is 124 Å². The summed E-state index contributed by atoms with van der Waals surface area (Å²) in [6.45, 7) is 1.69. The maximum Gasteiger partial charge on any atom is 0.220 e. The Kier molecular flexibility index (Phi) is 45.7. The van der Waals surface area contributed by atoms with E-state index in [1.165, 1.54) is 141 Å². The number of hydrogen-bond acceptors (Lipinski definition) is 18. The average Bonchev–Trinajstić information content (AvgIpc) is 1.69. The summed E-state index contributed by atoms with van der Waals surface area (Å²) in [5, 5.41) is 121. The number of unbranched alkanes of at least 4 members (excludes halogenated alkanes) is 28. The van der Waals surface area contributed by atoms with Crippen LogP contribution in [0, 0.1) is 0 Å². The number of carbonyl (C=O) groups excluding carboxylic acids is 1. The molecule has 3 aliphatic heterocycles. The number of aliphatic hydroxyl groups is 11. The largest absolute Gasteiger partial charge is 0.394 e. The van der Waals surface area contributed by atoms with Crippen molar-refractivity contribution in [3.8, 4) is 0 Å². The van der Waals surface area contributed by atoms with Gasteiger partial charge in [0.1, 0.15) is 73.2 Å². The molecule has 87 heavy (non-hydrogen) atoms. The molecule has 0 spiro atoms. The minimum atomic E-state index is -1.97. The van der Waals surface area contributed by atoms with Crippen LogP contribution in [0.4, 0.5) is 0 Å². The van der Waals surface area contributed by atoms with Gasteiger partial charge in [0, 0.05) is 6.42 Å². The minimum absolute atomic E-state index is 0.243. The predicted octanol–water partition coefficient (Wildman–Crippen LogP) is 8.61. The first kappa shape index (κ1) is 79.0. The maximum atomic E-state index is 13.4. The molecule has 17 unspecified atom stereocenters. The number of hydrogen-bond donors (Lipinski definition) is 12. The number of aliphatic hydroxyl groups excluding tert-OH is 11. The second kappa shape index (κ2) is 50.3. The van der Waals surface area contributed by atoms with Crippen LogP contribution in [-0.2, 0) is 33.2 Å². The Hall–Kier alpha value is -2.25. The Bertz CT molecular complexity index is 1770. The van der Waals surface area contributed by atoms with Crippen molar-refractivity contribution in [2.75, 3.05) is 26.4 Å². The molecule has 0 aromatic rings. The van der Waals surface area contributed by atoms with Crippen LogP contribution in [-0.4, -0.2) is 193 Å². The quantitative estimate of drug-likeness (QED) is 0.0200. The number of allylic oxidation sites excluding steroid dienone is 8. The van der Waals surface area contributed by atoms with Gasteiger partial charge in [-0.15, -0.1) is 0 Å². The van der Waals surface area contributed by atoms with E-state index in [0.29, 0.717) is 12.8 Å². The standard InChI is InChI=1S/C68H123NO18/c1-3-5-7-9-11-13-15-17-18-19-20-21-22-23-24-25-26-27-28-29-30-31-32-34-36-38-40-42-44-46-56(74)69-51(52(73)45-43-41-39-37-35-33-16-14-12-10-8-6-4-2)50-82-66-62(80)59(77)64(54(48-71)84-66)87-68-63(81)60(78)65(55(49-72)85-68)86-67-61(79)58(76)57(75)53(47-70)83-67/h5,7,11,13,17-18,20-21,51-55,57-68,70-73,75-81H,3-4,6,8-10,12,14-16,19,22-50H2,1-2H3,(H,69,74)/b7-5-,13-11-,18-17-,21-20-. The van der Waals surface area contributed by atoms with Crippen LogP contribution in [0.1, 0.15) is 245 Å². The van der Waals surface area contributed by atoms with Gasteiger partial charge in [0.25, 0.3) is 0 Å². The first-order valence-corrected chi connectivity index (χ1v) is 34.4. The van der Waals surface area contributed by atoms with E-state index in [1.54, 1.807) is 0 Å². The third-order valence-corrected chi connectivity index (χ3v) is 17.2. The summed E-state index contributed by atoms with van der Waals surface area (Å²) in [7, 11) is 0. The fraction of sp³-hybridized carbons (Fsp3) is 0.868. The third kappa shape index (κ3) is 32.7. The van der Waals surface area contributed by atoms with Gasteiger partial charge in [-0.3, -0.25) is 4.79 Å². The zero-order valence-electron chi connectivity index (χ0n) is 53.5. The zero-order chi connectivity index (χ0) is 63.3. The van der Waals surface area contributed by atoms with E-state index in [2.05, 4.69) is 67.8 Å². The summed E-state index contributed by atoms with van der Waals surface area (Å²) in [6.07, 6.45) is 32.0. The van der Waals surface area contributed by atoms with E-state index in [1.807, 2.05) is 0 Å². The molecule has 3 saturated heterocycles. The number of amides is 1. The SMILES string of the molecule is CC/C=C\C/C=C\C/C=C\C/C=C\CCCCCCCCCCCCCCCCCCC(=O)NC(COC1OC(CO)C(OC2OC(CO)C(OC3OC(CO)C(O)C(O)C3O)C(O)C2O)C(O)C1O)C(O)CCCCCCCCCCCCCCC. The van der Waals surface area contributed by atoms with Gasteiger partial charge in [-0.1, -0.05) is 236 Å². The van der Waals surface area contributed by atoms with Gasteiger partial charge in [0.2, 0.25) is 5.91 Å². The van der Waals surface area contributed by atoms with Crippen molar-refractivity contribution in [1.82, 2.24) is 5.32 Å². The first-order chi connectivity index (χ1) is 42.3. The van der Waals surface area contributed by atoms with Crippen LogP contribution in [0.25, 0.3) is 0 Å². The van der Waals surface area contributed by atoms with Gasteiger partial charge in [0.05, 0.1) is 38.6 Å². The Morgan fingerprint density at radius 2 is 0.793 bits per heavy atom. The molecule has 19 heteroatoms. The van der Waals surface area contributed by atoms with Crippen molar-refractivity contribution in [2.45, 2.75) is 349 Å². The van der Waals surface area contributed by atoms with E-state index in [-0.39, 0.29) is 18.9 Å². The molecule has 0 radical (unpaired) electrons. The van der Waals surface area contributed by atoms with Crippen molar-refractivity contribution in [1.29, 1.82) is 0 Å². The minimum Gasteiger partial charge on any atom is -0.394 e. The molecule has 0 aromatic carbocycles. The van der Waals surface area contributed by atoms with Gasteiger partial charge in [-0.2, -0.15) is 0 Å². The Morgan fingerprint density at radius 3 is 1.24 bits per heavy atom. The monoisotopic (exact) mass is 1240 g/mol. The highest BCUT2D eigenvalue weighted by Gasteiger charge is 2.53. The van der Waals surface area contributed by atoms with E-state index >= 15 is 0 Å². The molecule has 0 aliphatic carbocycles. The van der Waals surface area contributed by atoms with Gasteiger partial charge in [-0.05, 0) is 51.4 Å². The van der Waals surface area contributed by atoms with Crippen molar-refractivity contribution >= 4 is 5.91 Å². The fourth-order valence-electron chi connectivity index (χ4n) is 11.6. The number of nitrogens with one attached hydrogen (secondary N) is 1. The van der Waals surface area contributed by atoms with Gasteiger partial charge >= 0.3 is 0 Å². The highest BCUT2D eigenvalue weighted by atomic mass is 16.8. The third-order valence-electron chi connectivity index (χ3n) is 17.2. The molecule has 3 rings (SSSR count). The first-order valence-electron chi connectivity index (χ1n) is 34.4. The molecule has 3 aliphatic rings. The average molecular weight is 1240 g/mol. The molecule has 0 saturated carbocycles. The summed E-state index contributed by atoms with van der Waals surface area (Å²) < 4.78 is 34.4. The van der Waals surface area contributed by atoms with Crippen molar-refractivity contribution in [3.05, 3.63) is 48.6 Å². The molecule has 0 bridgehead atoms. The lowest BCUT2D eigenvalue weighted by molar-refractivity contribution is -0.379. The predicted molar refractivity (Wildman–Crippen MR) is 337 cm³/mol. The molecular formula is C68H123NO18. The number of carbonyl (C=O) groups is 1. The summed E-state index contributed by atoms with van der Waals surface area (Å²) >= 11 is 0. The summed E-state index contributed by atoms with van der Waals surface area (Å²) in [4.78, 5) is 13.4. The molecule has 3 heterocycles. The molecule has 508 valence electrons. The number of rotatable bonds is 52. The van der Waals surface area contributed by atoms with Crippen LogP contribution in [0.5, 0.6) is 0 Å². The second-order valence-corrected chi connectivity index (χ2v) is 24.6. The van der Waals surface area contributed by atoms with Crippen LogP contribution in [0.2, 0.25) is 0 Å². The van der Waals surface area contributed by atoms with Crippen molar-refractivity contribution < 1.29 is 89.4 Å². The molecule has 19 nitrogen and oxygen atoms in total. The molecular weight excluding hydrogens is 1120 g/mol. The molecule has 0 aromatic heterocycles. The van der Waals surface area contributed by atoms with Crippen molar-refractivity contribution in [2.24, 2.45) is 0 Å². The van der Waals surface area contributed by atoms with Gasteiger partial charge in [0.15, 0.2) is 18.9 Å². The molecule has 3 fully saturated rings. The van der Waals surface area contributed by atoms with Crippen LogP contribution >= 0.6 is 0 Å². The smallest absolute Gasteiger partial charge is 0.220 e. The Morgan fingerprint density at radius 1 is 0.425 bits per heavy atom. The van der Waals surface area contributed by atoms with Crippen LogP contribution in [0.3, 0.4) is 0 Å². The molecule has 1 amide bonds. The van der Waals surface area contributed by atoms with Gasteiger partial charge < -0.3 is 89.9 Å². The Labute approximate surface area is 523 Å². The lowest BCUT2D eigenvalue weighted by atomic mass is 9.96. The lowest BCUT2D eigenvalue weighted by Crippen LogP contribution is -2.66. The maximum absolute atomic E-state index is 13.4. The second-order valence-electron chi connectivity index (χ2n) is 24.6. The van der Waals surface area contributed by atoms with E-state index in [9.17, 15) is 61.0 Å². The molecule has 17 atom stereocenters. The Balaban J connectivity index is 1.38. The normalized spacial score (nSPS) is 28.9. The van der Waals surface area contributed by atoms with Crippen molar-refractivity contribution in [3.63, 3.8) is 0 Å². The van der Waals surface area contributed by atoms with Crippen LogP contribution in [0.15, 0.2) is 48.6 Å². The summed E-state index contributed by atoms with van der Waals surface area (Å²) in [6, 6.07) is -0.886. The summed E-state index contributed by atoms with van der Waals surface area (Å²) in [5.41, 5.74) is 0. The van der Waals surface area contributed by atoms with E-state index in [4.69, 9.17) is 28.4 Å². The highest BCUT2D eigenvalue weighted by molar-refractivity contribution is 5.76. The number of ether oxygens (including phenoxy) is 6. The highest BCUT2D eigenvalue weighted by Crippen LogP contribution is 2.33. The molecule has 12 N–H and O–H groups in total. The lowest BCUT2D eigenvalue weighted by Gasteiger charge is -2.48. The van der Waals surface area contributed by atoms with E-state index in [0.717, 1.165) is 70.6 Å². The topological polar surface area (TPSA) is 307 Å². The zero-order valence-corrected chi connectivity index (χ0v) is 53.5. The van der Waals surface area contributed by atoms with Crippen LogP contribution < -0.4 is 5.32 Å². The van der Waals surface area contributed by atoms with Gasteiger partial charge in [-0.25, -0.2) is 0 Å². The fourth-order valence-corrected chi connectivity index (χ4v) is 11.6. The summed E-state index contributed by atoms with van der Waals surface area (Å²) in [5.74, 6) is -0.243.